The van der Waals surface area contributed by atoms with E-state index in [0.29, 0.717) is 17.9 Å². The first-order chi connectivity index (χ1) is 9.63. The van der Waals surface area contributed by atoms with Gasteiger partial charge in [-0.15, -0.1) is 0 Å². The average Bonchev–Trinajstić information content (AvgIpc) is 2.90. The number of anilines is 1. The van der Waals surface area contributed by atoms with E-state index in [1.165, 1.54) is 12.1 Å². The van der Waals surface area contributed by atoms with Crippen molar-refractivity contribution >= 4 is 11.6 Å². The summed E-state index contributed by atoms with van der Waals surface area (Å²) in [6, 6.07) is 8.90. The van der Waals surface area contributed by atoms with Crippen LogP contribution in [0.25, 0.3) is 0 Å². The molecule has 2 aromatic rings. The summed E-state index contributed by atoms with van der Waals surface area (Å²) < 4.78 is 18.6. The molecule has 0 fully saturated rings. The number of halogens is 1. The molecule has 0 aliphatic carbocycles. The van der Waals surface area contributed by atoms with Crippen LogP contribution in [0.2, 0.25) is 0 Å². The molecule has 102 valence electrons. The molecule has 2 aromatic carbocycles. The summed E-state index contributed by atoms with van der Waals surface area (Å²) >= 11 is 0. The zero-order valence-electron chi connectivity index (χ0n) is 10.5. The molecular weight excluding hydrogens is 261 g/mol. The summed E-state index contributed by atoms with van der Waals surface area (Å²) in [6.45, 7) is 0.629. The SMILES string of the molecule is O=C(Nc1ccc(O)c(F)c1)c1ccc2c(c1)CCO2. The van der Waals surface area contributed by atoms with Crippen LogP contribution in [0.1, 0.15) is 15.9 Å². The molecular formula is C15H12FNO3. The lowest BCUT2D eigenvalue weighted by Gasteiger charge is -2.07. The van der Waals surface area contributed by atoms with Crippen LogP contribution < -0.4 is 10.1 Å². The first-order valence-corrected chi connectivity index (χ1v) is 6.19. The summed E-state index contributed by atoms with van der Waals surface area (Å²) in [5.74, 6) is -0.746. The Morgan fingerprint density at radius 3 is 2.90 bits per heavy atom. The van der Waals surface area contributed by atoms with Gasteiger partial charge in [0.25, 0.3) is 5.91 Å². The van der Waals surface area contributed by atoms with Gasteiger partial charge in [-0.2, -0.15) is 0 Å². The van der Waals surface area contributed by atoms with Gasteiger partial charge >= 0.3 is 0 Å². The largest absolute Gasteiger partial charge is 0.505 e. The number of fused-ring (bicyclic) bond motifs is 1. The van der Waals surface area contributed by atoms with Gasteiger partial charge in [-0.3, -0.25) is 4.79 Å². The molecule has 5 heteroatoms. The Morgan fingerprint density at radius 1 is 1.25 bits per heavy atom. The normalized spacial score (nSPS) is 12.7. The van der Waals surface area contributed by atoms with E-state index in [1.807, 2.05) is 0 Å². The first-order valence-electron chi connectivity index (χ1n) is 6.19. The Hall–Kier alpha value is -2.56. The van der Waals surface area contributed by atoms with Crippen LogP contribution in [0.4, 0.5) is 10.1 Å². The standard InChI is InChI=1S/C15H12FNO3/c16-12-8-11(2-3-13(12)18)17-15(19)10-1-4-14-9(7-10)5-6-20-14/h1-4,7-8,18H,5-6H2,(H,17,19). The minimum absolute atomic E-state index is 0.294. The van der Waals surface area contributed by atoms with E-state index in [9.17, 15) is 9.18 Å². The van der Waals surface area contributed by atoms with Crippen molar-refractivity contribution in [3.05, 3.63) is 53.3 Å². The summed E-state index contributed by atoms with van der Waals surface area (Å²) in [5.41, 5.74) is 1.78. The number of ether oxygens (including phenoxy) is 1. The number of hydrogen-bond donors (Lipinski definition) is 2. The quantitative estimate of drug-likeness (QED) is 0.827. The molecule has 0 unspecified atom stereocenters. The average molecular weight is 273 g/mol. The van der Waals surface area contributed by atoms with Crippen molar-refractivity contribution in [1.82, 2.24) is 0 Å². The molecule has 3 rings (SSSR count). The third-order valence-electron chi connectivity index (χ3n) is 3.16. The molecule has 4 nitrogen and oxygen atoms in total. The lowest BCUT2D eigenvalue weighted by atomic mass is 10.1. The van der Waals surface area contributed by atoms with Crippen LogP contribution in [-0.2, 0) is 6.42 Å². The van der Waals surface area contributed by atoms with Crippen LogP contribution in [-0.4, -0.2) is 17.6 Å². The highest BCUT2D eigenvalue weighted by Gasteiger charge is 2.15. The maximum Gasteiger partial charge on any atom is 0.255 e. The smallest absolute Gasteiger partial charge is 0.255 e. The predicted molar refractivity (Wildman–Crippen MR) is 71.7 cm³/mol. The van der Waals surface area contributed by atoms with Gasteiger partial charge in [0.1, 0.15) is 5.75 Å². The predicted octanol–water partition coefficient (Wildman–Crippen LogP) is 2.72. The number of aromatic hydroxyl groups is 1. The van der Waals surface area contributed by atoms with Crippen molar-refractivity contribution < 1.29 is 19.0 Å². The van der Waals surface area contributed by atoms with Crippen molar-refractivity contribution in [3.63, 3.8) is 0 Å². The van der Waals surface area contributed by atoms with Gasteiger partial charge < -0.3 is 15.2 Å². The minimum atomic E-state index is -0.773. The number of carbonyl (C=O) groups excluding carboxylic acids is 1. The Bertz CT molecular complexity index is 685. The van der Waals surface area contributed by atoms with Crippen LogP contribution >= 0.6 is 0 Å². The Kier molecular flexibility index (Phi) is 3.02. The Labute approximate surface area is 114 Å². The topological polar surface area (TPSA) is 58.6 Å². The summed E-state index contributed by atoms with van der Waals surface area (Å²) in [5, 5.41) is 11.7. The summed E-state index contributed by atoms with van der Waals surface area (Å²) in [6.07, 6.45) is 0.782. The zero-order chi connectivity index (χ0) is 14.1. The second-order valence-corrected chi connectivity index (χ2v) is 4.54. The highest BCUT2D eigenvalue weighted by atomic mass is 19.1. The molecule has 0 saturated carbocycles. The number of benzene rings is 2. The van der Waals surface area contributed by atoms with Gasteiger partial charge in [0.15, 0.2) is 11.6 Å². The van der Waals surface area contributed by atoms with Crippen LogP contribution in [0.3, 0.4) is 0 Å². The number of rotatable bonds is 2. The van der Waals surface area contributed by atoms with E-state index < -0.39 is 11.6 Å². The van der Waals surface area contributed by atoms with E-state index >= 15 is 0 Å². The van der Waals surface area contributed by atoms with Crippen LogP contribution in [0, 0.1) is 5.82 Å². The van der Waals surface area contributed by atoms with Gasteiger partial charge in [0.2, 0.25) is 0 Å². The molecule has 0 aromatic heterocycles. The molecule has 0 bridgehead atoms. The van der Waals surface area contributed by atoms with E-state index in [-0.39, 0.29) is 5.91 Å². The molecule has 1 amide bonds. The first kappa shape index (κ1) is 12.5. The summed E-state index contributed by atoms with van der Waals surface area (Å²) in [7, 11) is 0. The van der Waals surface area contributed by atoms with E-state index in [4.69, 9.17) is 9.84 Å². The number of phenols is 1. The molecule has 2 N–H and O–H groups in total. The number of nitrogens with one attached hydrogen (secondary N) is 1. The van der Waals surface area contributed by atoms with Gasteiger partial charge in [-0.05, 0) is 35.9 Å². The van der Waals surface area contributed by atoms with Crippen molar-refractivity contribution in [2.24, 2.45) is 0 Å². The molecule has 0 radical (unpaired) electrons. The van der Waals surface area contributed by atoms with Crippen molar-refractivity contribution in [3.8, 4) is 11.5 Å². The zero-order valence-corrected chi connectivity index (χ0v) is 10.5. The molecule has 20 heavy (non-hydrogen) atoms. The fourth-order valence-corrected chi connectivity index (χ4v) is 2.12. The number of phenolic OH excluding ortho intramolecular Hbond substituents is 1. The number of amides is 1. The van der Waals surface area contributed by atoms with Gasteiger partial charge in [0, 0.05) is 23.7 Å². The molecule has 1 heterocycles. The van der Waals surface area contributed by atoms with Crippen LogP contribution in [0.15, 0.2) is 36.4 Å². The lowest BCUT2D eigenvalue weighted by Crippen LogP contribution is -2.12. The fraction of sp³-hybridized carbons (Fsp3) is 0.133. The minimum Gasteiger partial charge on any atom is -0.505 e. The number of carbonyl (C=O) groups is 1. The number of hydrogen-bond acceptors (Lipinski definition) is 3. The maximum atomic E-state index is 13.2. The Balaban J connectivity index is 1.80. The van der Waals surface area contributed by atoms with Gasteiger partial charge in [0.05, 0.1) is 6.61 Å². The molecule has 0 saturated heterocycles. The monoisotopic (exact) mass is 273 g/mol. The highest BCUT2D eigenvalue weighted by Crippen LogP contribution is 2.26. The third-order valence-corrected chi connectivity index (χ3v) is 3.16. The second-order valence-electron chi connectivity index (χ2n) is 4.54. The fourth-order valence-electron chi connectivity index (χ4n) is 2.12. The molecule has 0 atom stereocenters. The highest BCUT2D eigenvalue weighted by molar-refractivity contribution is 6.04. The van der Waals surface area contributed by atoms with Crippen LogP contribution in [0.5, 0.6) is 11.5 Å². The Morgan fingerprint density at radius 2 is 2.10 bits per heavy atom. The maximum absolute atomic E-state index is 13.2. The third kappa shape index (κ3) is 2.30. The summed E-state index contributed by atoms with van der Waals surface area (Å²) in [4.78, 5) is 12.1. The molecule has 0 spiro atoms. The van der Waals surface area contributed by atoms with Gasteiger partial charge in [-0.25, -0.2) is 4.39 Å². The van der Waals surface area contributed by atoms with Gasteiger partial charge in [-0.1, -0.05) is 0 Å². The van der Waals surface area contributed by atoms with E-state index in [0.717, 1.165) is 23.8 Å². The lowest BCUT2D eigenvalue weighted by molar-refractivity contribution is 0.102. The molecule has 1 aliphatic rings. The van der Waals surface area contributed by atoms with E-state index in [2.05, 4.69) is 5.32 Å². The second kappa shape index (κ2) is 4.85. The van der Waals surface area contributed by atoms with Crippen molar-refractivity contribution in [1.29, 1.82) is 0 Å². The van der Waals surface area contributed by atoms with E-state index in [1.54, 1.807) is 18.2 Å². The molecule has 1 aliphatic heterocycles. The van der Waals surface area contributed by atoms with Crippen molar-refractivity contribution in [2.45, 2.75) is 6.42 Å². The van der Waals surface area contributed by atoms with Crippen molar-refractivity contribution in [2.75, 3.05) is 11.9 Å².